The Labute approximate surface area is 141 Å². The molecule has 0 saturated heterocycles. The molecule has 9 heteroatoms. The molecule has 0 aliphatic heterocycles. The van der Waals surface area contributed by atoms with Crippen LogP contribution in [0.3, 0.4) is 0 Å². The second kappa shape index (κ2) is 17.6. The van der Waals surface area contributed by atoms with Crippen LogP contribution in [0.5, 0.6) is 0 Å². The summed E-state index contributed by atoms with van der Waals surface area (Å²) in [5.74, 6) is 1.26. The molecule has 0 radical (unpaired) electrons. The van der Waals surface area contributed by atoms with E-state index in [9.17, 15) is 4.79 Å². The number of hydrogen-bond acceptors (Lipinski definition) is 9. The van der Waals surface area contributed by atoms with Crippen molar-refractivity contribution in [3.63, 3.8) is 0 Å². The predicted octanol–water partition coefficient (Wildman–Crippen LogP) is 3.34. The number of aliphatic hydroxyl groups is 1. The molecule has 114 valence electrons. The van der Waals surface area contributed by atoms with Crippen LogP contribution in [0, 0.1) is 0 Å². The van der Waals surface area contributed by atoms with Gasteiger partial charge in [0.2, 0.25) is 0 Å². The van der Waals surface area contributed by atoms with E-state index in [1.807, 2.05) is 35.3 Å². The number of aliphatic hydroxyl groups excluding tert-OH is 1. The van der Waals surface area contributed by atoms with Gasteiger partial charge in [-0.1, -0.05) is 0 Å². The van der Waals surface area contributed by atoms with Gasteiger partial charge in [-0.25, -0.2) is 0 Å². The van der Waals surface area contributed by atoms with Gasteiger partial charge in [-0.05, 0) is 6.26 Å². The van der Waals surface area contributed by atoms with E-state index in [0.717, 1.165) is 26.1 Å². The Kier molecular flexibility index (Phi) is 19.0. The topological polar surface area (TPSA) is 46.5 Å². The van der Waals surface area contributed by atoms with Crippen molar-refractivity contribution in [2.45, 2.75) is 0 Å². The molecule has 3 nitrogen and oxygen atoms in total. The molecule has 0 unspecified atom stereocenters. The average Bonchev–Trinajstić information content (AvgIpc) is 2.41. The van der Waals surface area contributed by atoms with E-state index in [0.29, 0.717) is 12.4 Å². The SMILES string of the molecule is CSCSCSCSCC(=O)OCCSCSCO. The molecule has 0 aromatic carbocycles. The van der Waals surface area contributed by atoms with Gasteiger partial charge in [0.15, 0.2) is 0 Å². The van der Waals surface area contributed by atoms with Crippen LogP contribution < -0.4 is 0 Å². The molecule has 0 atom stereocenters. The predicted molar refractivity (Wildman–Crippen MR) is 98.7 cm³/mol. The van der Waals surface area contributed by atoms with Crippen LogP contribution in [0.4, 0.5) is 0 Å². The van der Waals surface area contributed by atoms with Gasteiger partial charge < -0.3 is 9.84 Å². The second-order valence-corrected chi connectivity index (χ2v) is 10.3. The summed E-state index contributed by atoms with van der Waals surface area (Å²) in [6, 6.07) is 0. The molecular weight excluding hydrogens is 361 g/mol. The standard InChI is InChI=1S/C10H20O3S6/c1-14-6-18-9-19-8-16-4-10(12)13-2-3-15-7-17-5-11/h11H,2-9H2,1H3. The number of hydrogen-bond donors (Lipinski definition) is 1. The fourth-order valence-corrected chi connectivity index (χ4v) is 6.21. The molecule has 0 amide bonds. The molecule has 19 heavy (non-hydrogen) atoms. The lowest BCUT2D eigenvalue weighted by molar-refractivity contribution is -0.139. The van der Waals surface area contributed by atoms with Crippen molar-refractivity contribution in [2.75, 3.05) is 50.6 Å². The zero-order valence-corrected chi connectivity index (χ0v) is 15.8. The first-order valence-electron chi connectivity index (χ1n) is 5.45. The minimum atomic E-state index is -0.127. The van der Waals surface area contributed by atoms with Crippen molar-refractivity contribution in [2.24, 2.45) is 0 Å². The molecule has 0 fully saturated rings. The van der Waals surface area contributed by atoms with Crippen LogP contribution >= 0.6 is 70.6 Å². The van der Waals surface area contributed by atoms with Gasteiger partial charge in [0.1, 0.15) is 6.61 Å². The summed E-state index contributed by atoms with van der Waals surface area (Å²) in [4.78, 5) is 11.4. The Morgan fingerprint density at radius 2 is 1.68 bits per heavy atom. The Balaban J connectivity index is 3.13. The fraction of sp³-hybridized carbons (Fsp3) is 0.900. The largest absolute Gasteiger partial charge is 0.464 e. The van der Waals surface area contributed by atoms with Gasteiger partial charge in [-0.2, -0.15) is 11.8 Å². The third-order valence-corrected chi connectivity index (χ3v) is 8.19. The molecule has 0 bridgehead atoms. The van der Waals surface area contributed by atoms with Crippen molar-refractivity contribution < 1.29 is 14.6 Å². The highest BCUT2D eigenvalue weighted by atomic mass is 32.2. The highest BCUT2D eigenvalue weighted by Crippen LogP contribution is 2.19. The summed E-state index contributed by atoms with van der Waals surface area (Å²) < 4.78 is 5.10. The van der Waals surface area contributed by atoms with E-state index in [-0.39, 0.29) is 11.9 Å². The highest BCUT2D eigenvalue weighted by molar-refractivity contribution is 8.26. The number of esters is 1. The third kappa shape index (κ3) is 17.5. The maximum absolute atomic E-state index is 11.4. The van der Waals surface area contributed by atoms with Crippen molar-refractivity contribution in [3.05, 3.63) is 0 Å². The molecule has 0 spiro atoms. The van der Waals surface area contributed by atoms with Crippen molar-refractivity contribution in [3.8, 4) is 0 Å². The van der Waals surface area contributed by atoms with Crippen LogP contribution in [0.15, 0.2) is 0 Å². The van der Waals surface area contributed by atoms with E-state index in [1.165, 1.54) is 11.8 Å². The number of rotatable bonds is 14. The maximum Gasteiger partial charge on any atom is 0.315 e. The molecule has 0 aliphatic rings. The van der Waals surface area contributed by atoms with Crippen molar-refractivity contribution in [1.82, 2.24) is 0 Å². The number of ether oxygens (including phenoxy) is 1. The van der Waals surface area contributed by atoms with Crippen LogP contribution in [-0.4, -0.2) is 61.7 Å². The maximum atomic E-state index is 11.4. The van der Waals surface area contributed by atoms with E-state index in [2.05, 4.69) is 6.26 Å². The molecule has 0 aromatic rings. The first-order chi connectivity index (χ1) is 9.31. The molecule has 0 saturated carbocycles. The highest BCUT2D eigenvalue weighted by Gasteiger charge is 2.02. The van der Waals surface area contributed by atoms with E-state index in [1.54, 1.807) is 23.5 Å². The first kappa shape index (κ1) is 20.5. The van der Waals surface area contributed by atoms with Crippen LogP contribution in [0.1, 0.15) is 0 Å². The zero-order valence-electron chi connectivity index (χ0n) is 10.9. The molecule has 0 aliphatic carbocycles. The normalized spacial score (nSPS) is 10.6. The average molecular weight is 381 g/mol. The van der Waals surface area contributed by atoms with Gasteiger partial charge in [-0.15, -0.1) is 58.8 Å². The third-order valence-electron chi connectivity index (χ3n) is 1.50. The number of carbonyl (C=O) groups is 1. The van der Waals surface area contributed by atoms with E-state index >= 15 is 0 Å². The number of thioether (sulfide) groups is 6. The van der Waals surface area contributed by atoms with E-state index < -0.39 is 0 Å². The number of carbonyl (C=O) groups excluding carboxylic acids is 1. The molecular formula is C10H20O3S6. The molecule has 1 N–H and O–H groups in total. The summed E-state index contributed by atoms with van der Waals surface area (Å²) in [5.41, 5.74) is 0. The minimum Gasteiger partial charge on any atom is -0.464 e. The first-order valence-corrected chi connectivity index (χ1v) is 12.6. The van der Waals surface area contributed by atoms with Crippen molar-refractivity contribution >= 4 is 76.5 Å². The van der Waals surface area contributed by atoms with Gasteiger partial charge >= 0.3 is 5.97 Å². The Morgan fingerprint density at radius 3 is 2.42 bits per heavy atom. The smallest absolute Gasteiger partial charge is 0.315 e. The Morgan fingerprint density at radius 1 is 1.00 bits per heavy atom. The summed E-state index contributed by atoms with van der Waals surface area (Å²) in [7, 11) is 0. The van der Waals surface area contributed by atoms with Gasteiger partial charge in [0.25, 0.3) is 0 Å². The summed E-state index contributed by atoms with van der Waals surface area (Å²) in [6.07, 6.45) is 2.10. The molecule has 0 rings (SSSR count). The van der Waals surface area contributed by atoms with Crippen LogP contribution in [0.25, 0.3) is 0 Å². The lowest BCUT2D eigenvalue weighted by atomic mass is 10.8. The van der Waals surface area contributed by atoms with E-state index in [4.69, 9.17) is 9.84 Å². The van der Waals surface area contributed by atoms with Crippen molar-refractivity contribution in [1.29, 1.82) is 0 Å². The quantitative estimate of drug-likeness (QED) is 0.278. The zero-order chi connectivity index (χ0) is 14.2. The summed E-state index contributed by atoms with van der Waals surface area (Å²) in [6.45, 7) is 0.465. The summed E-state index contributed by atoms with van der Waals surface area (Å²) in [5, 5.41) is 12.6. The monoisotopic (exact) mass is 380 g/mol. The Bertz CT molecular complexity index is 208. The summed E-state index contributed by atoms with van der Waals surface area (Å²) >= 11 is 10.3. The van der Waals surface area contributed by atoms with Gasteiger partial charge in [-0.3, -0.25) is 4.79 Å². The Hall–Kier alpha value is 1.53. The lowest BCUT2D eigenvalue weighted by Gasteiger charge is -2.04. The second-order valence-electron chi connectivity index (χ2n) is 2.98. The van der Waals surface area contributed by atoms with Crippen LogP contribution in [-0.2, 0) is 9.53 Å². The lowest BCUT2D eigenvalue weighted by Crippen LogP contribution is -2.10. The van der Waals surface area contributed by atoms with Crippen LogP contribution in [0.2, 0.25) is 0 Å². The molecule has 0 aromatic heterocycles. The fourth-order valence-electron chi connectivity index (χ4n) is 0.805. The van der Waals surface area contributed by atoms with Gasteiger partial charge in [0, 0.05) is 26.1 Å². The van der Waals surface area contributed by atoms with Gasteiger partial charge in [0.05, 0.1) is 11.7 Å². The molecule has 0 heterocycles. The minimum absolute atomic E-state index is 0.127.